The molecule has 0 unspecified atom stereocenters. The average Bonchev–Trinajstić information content (AvgIpc) is 3.65. The Kier molecular flexibility index (Phi) is 7.17. The van der Waals surface area contributed by atoms with Crippen LogP contribution in [0.3, 0.4) is 0 Å². The summed E-state index contributed by atoms with van der Waals surface area (Å²) in [7, 11) is 0. The number of rotatable bonds is 8. The molecular weight excluding hydrogens is 495 g/mol. The van der Waals surface area contributed by atoms with Gasteiger partial charge < -0.3 is 20.1 Å². The van der Waals surface area contributed by atoms with Crippen LogP contribution in [0.2, 0.25) is 0 Å². The lowest BCUT2D eigenvalue weighted by Gasteiger charge is -2.22. The molecule has 10 nitrogen and oxygen atoms in total. The molecule has 1 atom stereocenters. The van der Waals surface area contributed by atoms with Crippen LogP contribution in [0.1, 0.15) is 19.8 Å². The maximum atomic E-state index is 14.0. The molecule has 2 amide bonds. The zero-order chi connectivity index (χ0) is 25.8. The quantitative estimate of drug-likeness (QED) is 0.341. The van der Waals surface area contributed by atoms with E-state index in [2.05, 4.69) is 30.6 Å². The largest absolute Gasteiger partial charge is 0.353 e. The summed E-state index contributed by atoms with van der Waals surface area (Å²) in [4.78, 5) is 44.4. The number of aromatic nitrogens is 5. The molecule has 0 aromatic carbocycles. The van der Waals surface area contributed by atoms with Crippen molar-refractivity contribution < 1.29 is 14.0 Å². The topological polar surface area (TPSA) is 118 Å². The van der Waals surface area contributed by atoms with Gasteiger partial charge in [-0.15, -0.1) is 0 Å². The van der Waals surface area contributed by atoms with Gasteiger partial charge in [0.25, 0.3) is 0 Å². The number of likely N-dealkylation sites (tertiary alicyclic amines) is 1. The summed E-state index contributed by atoms with van der Waals surface area (Å²) in [6.07, 6.45) is 11.1. The van der Waals surface area contributed by atoms with E-state index in [4.69, 9.17) is 0 Å². The number of imidazole rings is 1. The molecule has 0 saturated carbocycles. The molecule has 1 aliphatic rings. The molecule has 0 aliphatic carbocycles. The molecule has 5 rings (SSSR count). The van der Waals surface area contributed by atoms with Crippen molar-refractivity contribution in [3.05, 3.63) is 61.1 Å². The fraction of sp³-hybridized carbons (Fsp3) is 0.280. The fourth-order valence-electron chi connectivity index (χ4n) is 4.28. The highest BCUT2D eigenvalue weighted by molar-refractivity contribution is 7.18. The Balaban J connectivity index is 1.23. The van der Waals surface area contributed by atoms with E-state index in [0.29, 0.717) is 47.4 Å². The minimum absolute atomic E-state index is 0.134. The molecule has 1 fully saturated rings. The zero-order valence-electron chi connectivity index (χ0n) is 20.1. The molecule has 0 radical (unpaired) electrons. The number of carbonyl (C=O) groups is 2. The average molecular weight is 521 g/mol. The van der Waals surface area contributed by atoms with Crippen LogP contribution < -0.4 is 10.6 Å². The van der Waals surface area contributed by atoms with Crippen molar-refractivity contribution in [1.82, 2.24) is 34.7 Å². The number of nitrogens with zero attached hydrogens (tertiary/aromatic N) is 6. The third-order valence-electron chi connectivity index (χ3n) is 6.04. The summed E-state index contributed by atoms with van der Waals surface area (Å²) in [6.45, 7) is 3.27. The molecule has 4 aromatic rings. The summed E-state index contributed by atoms with van der Waals surface area (Å²) < 4.78 is 16.0. The predicted octanol–water partition coefficient (Wildman–Crippen LogP) is 3.52. The van der Waals surface area contributed by atoms with Crippen LogP contribution in [0, 0.1) is 5.82 Å². The number of pyridine rings is 2. The smallest absolute Gasteiger partial charge is 0.246 e. The molecule has 0 bridgehead atoms. The van der Waals surface area contributed by atoms with E-state index in [1.165, 1.54) is 29.7 Å². The molecule has 37 heavy (non-hydrogen) atoms. The normalized spacial score (nSPS) is 15.5. The Morgan fingerprint density at radius 2 is 2.14 bits per heavy atom. The standard InChI is InChI=1S/C25H25FN8O2S/c1-2-5-22(35)34-10-4-7-18(34)24(36)28-9-11-33-15-31-17-13-29-21(12-19(17)33)32-25-30-14-20(37-25)23-16(26)6-3-8-27-23/h2-3,5-6,8,12-15,18H,4,7,9-11H2,1H3,(H,28,36)(H,29,30,32)/b5-2-/t18-/m0/s1. The van der Waals surface area contributed by atoms with E-state index in [1.54, 1.807) is 42.7 Å². The molecule has 190 valence electrons. The van der Waals surface area contributed by atoms with Gasteiger partial charge in [-0.2, -0.15) is 0 Å². The first-order chi connectivity index (χ1) is 18.0. The van der Waals surface area contributed by atoms with Crippen molar-refractivity contribution in [2.75, 3.05) is 18.4 Å². The van der Waals surface area contributed by atoms with Crippen LogP contribution in [-0.2, 0) is 16.1 Å². The SMILES string of the molecule is C/C=C\C(=O)N1CCC[C@H]1C(=O)NCCn1cnc2cnc(Nc3ncc(-c4ncccc4F)s3)cc21. The highest BCUT2D eigenvalue weighted by Gasteiger charge is 2.32. The van der Waals surface area contributed by atoms with Gasteiger partial charge in [-0.25, -0.2) is 19.3 Å². The number of amides is 2. The monoisotopic (exact) mass is 520 g/mol. The third-order valence-corrected chi connectivity index (χ3v) is 6.96. The van der Waals surface area contributed by atoms with E-state index in [1.807, 2.05) is 10.6 Å². The van der Waals surface area contributed by atoms with Crippen LogP contribution >= 0.6 is 11.3 Å². The molecule has 5 heterocycles. The van der Waals surface area contributed by atoms with Crippen molar-refractivity contribution in [2.45, 2.75) is 32.4 Å². The Labute approximate surface area is 216 Å². The number of hydrogen-bond donors (Lipinski definition) is 2. The Hall–Kier alpha value is -4.19. The van der Waals surface area contributed by atoms with Gasteiger partial charge in [0, 0.05) is 38.1 Å². The van der Waals surface area contributed by atoms with E-state index in [0.717, 1.165) is 11.9 Å². The number of halogens is 1. The van der Waals surface area contributed by atoms with Crippen LogP contribution in [0.4, 0.5) is 15.3 Å². The lowest BCUT2D eigenvalue weighted by molar-refractivity contribution is -0.135. The van der Waals surface area contributed by atoms with Crippen molar-refractivity contribution in [3.8, 4) is 10.6 Å². The van der Waals surface area contributed by atoms with Crippen LogP contribution in [0.25, 0.3) is 21.6 Å². The highest BCUT2D eigenvalue weighted by Crippen LogP contribution is 2.31. The molecule has 1 saturated heterocycles. The van der Waals surface area contributed by atoms with Crippen molar-refractivity contribution in [3.63, 3.8) is 0 Å². The summed E-state index contributed by atoms with van der Waals surface area (Å²) in [5, 5.41) is 6.66. The Morgan fingerprint density at radius 3 is 2.97 bits per heavy atom. The van der Waals surface area contributed by atoms with Crippen LogP contribution in [0.5, 0.6) is 0 Å². The first-order valence-electron chi connectivity index (χ1n) is 11.9. The number of fused-ring (bicyclic) bond motifs is 1. The van der Waals surface area contributed by atoms with Crippen LogP contribution in [-0.4, -0.2) is 60.3 Å². The minimum Gasteiger partial charge on any atom is -0.353 e. The second kappa shape index (κ2) is 10.8. The summed E-state index contributed by atoms with van der Waals surface area (Å²) in [6, 6.07) is 4.32. The molecule has 12 heteroatoms. The van der Waals surface area contributed by atoms with Gasteiger partial charge >= 0.3 is 0 Å². The molecule has 2 N–H and O–H groups in total. The fourth-order valence-corrected chi connectivity index (χ4v) is 5.11. The third kappa shape index (κ3) is 5.33. The first-order valence-corrected chi connectivity index (χ1v) is 12.7. The van der Waals surface area contributed by atoms with Crippen molar-refractivity contribution in [2.24, 2.45) is 0 Å². The summed E-state index contributed by atoms with van der Waals surface area (Å²) in [5.41, 5.74) is 1.81. The van der Waals surface area contributed by atoms with Gasteiger partial charge in [-0.1, -0.05) is 17.4 Å². The lowest BCUT2D eigenvalue weighted by Crippen LogP contribution is -2.46. The Morgan fingerprint density at radius 1 is 1.24 bits per heavy atom. The summed E-state index contributed by atoms with van der Waals surface area (Å²) in [5.74, 6) is -0.124. The van der Waals surface area contributed by atoms with Crippen molar-refractivity contribution >= 4 is 45.1 Å². The van der Waals surface area contributed by atoms with Gasteiger partial charge in [0.2, 0.25) is 11.8 Å². The molecule has 1 aliphatic heterocycles. The van der Waals surface area contributed by atoms with E-state index in [9.17, 15) is 14.0 Å². The zero-order valence-corrected chi connectivity index (χ0v) is 20.9. The highest BCUT2D eigenvalue weighted by atomic mass is 32.1. The van der Waals surface area contributed by atoms with E-state index >= 15 is 0 Å². The second-order valence-electron chi connectivity index (χ2n) is 8.47. The minimum atomic E-state index is -0.439. The molecular formula is C25H25FN8O2S. The lowest BCUT2D eigenvalue weighted by atomic mass is 10.2. The van der Waals surface area contributed by atoms with E-state index < -0.39 is 11.9 Å². The number of hydrogen-bond acceptors (Lipinski definition) is 8. The number of thiazole rings is 1. The van der Waals surface area contributed by atoms with Crippen molar-refractivity contribution in [1.29, 1.82) is 0 Å². The van der Waals surface area contributed by atoms with E-state index in [-0.39, 0.29) is 17.5 Å². The van der Waals surface area contributed by atoms with Gasteiger partial charge in [0.15, 0.2) is 5.13 Å². The second-order valence-corrected chi connectivity index (χ2v) is 9.50. The van der Waals surface area contributed by atoms with Crippen LogP contribution in [0.15, 0.2) is 55.3 Å². The first kappa shape index (κ1) is 24.5. The maximum absolute atomic E-state index is 14.0. The number of nitrogens with one attached hydrogen (secondary N) is 2. The molecule has 0 spiro atoms. The number of anilines is 2. The summed E-state index contributed by atoms with van der Waals surface area (Å²) >= 11 is 1.27. The van der Waals surface area contributed by atoms with Gasteiger partial charge in [-0.05, 0) is 38.0 Å². The van der Waals surface area contributed by atoms with Gasteiger partial charge in [0.05, 0.1) is 22.9 Å². The number of carbonyl (C=O) groups excluding carboxylic acids is 2. The predicted molar refractivity (Wildman–Crippen MR) is 139 cm³/mol. The van der Waals surface area contributed by atoms with Gasteiger partial charge in [-0.3, -0.25) is 14.6 Å². The Bertz CT molecular complexity index is 1470. The van der Waals surface area contributed by atoms with Gasteiger partial charge in [0.1, 0.15) is 28.9 Å². The maximum Gasteiger partial charge on any atom is 0.246 e. The molecule has 4 aromatic heterocycles. The number of allylic oxidation sites excluding steroid dienone is 1.